The lowest BCUT2D eigenvalue weighted by molar-refractivity contribution is -0.130. The molecule has 3 heteroatoms. The van der Waals surface area contributed by atoms with Crippen molar-refractivity contribution in [3.63, 3.8) is 0 Å². The van der Waals surface area contributed by atoms with Crippen molar-refractivity contribution in [3.05, 3.63) is 0 Å². The second-order valence-electron chi connectivity index (χ2n) is 6.06. The van der Waals surface area contributed by atoms with E-state index in [1.54, 1.807) is 5.01 Å². The van der Waals surface area contributed by atoms with Crippen LogP contribution in [-0.2, 0) is 4.79 Å². The van der Waals surface area contributed by atoms with Gasteiger partial charge in [0, 0.05) is 5.41 Å². The van der Waals surface area contributed by atoms with Crippen LogP contribution in [0.25, 0.3) is 0 Å². The summed E-state index contributed by atoms with van der Waals surface area (Å²) >= 11 is 0. The Morgan fingerprint density at radius 3 is 2.47 bits per heavy atom. The zero-order chi connectivity index (χ0) is 13.1. The first-order valence-corrected chi connectivity index (χ1v) is 6.76. The molecule has 1 aliphatic rings. The van der Waals surface area contributed by atoms with Crippen molar-refractivity contribution in [1.82, 2.24) is 5.01 Å². The van der Waals surface area contributed by atoms with Crippen LogP contribution >= 0.6 is 0 Å². The second-order valence-corrected chi connectivity index (χ2v) is 6.06. The Morgan fingerprint density at radius 2 is 2.00 bits per heavy atom. The van der Waals surface area contributed by atoms with Crippen molar-refractivity contribution in [1.29, 1.82) is 0 Å². The van der Waals surface area contributed by atoms with Gasteiger partial charge >= 0.3 is 0 Å². The van der Waals surface area contributed by atoms with Crippen LogP contribution < -0.4 is 0 Å². The lowest BCUT2D eigenvalue weighted by Gasteiger charge is -2.21. The molecule has 1 heterocycles. The first-order valence-electron chi connectivity index (χ1n) is 6.76. The number of unbranched alkanes of at least 4 members (excludes halogenated alkanes) is 2. The molecule has 0 saturated carbocycles. The first kappa shape index (κ1) is 14.2. The SMILES string of the molecule is CCCCCC(C)N1N=C(C(C)(C)C)CC1=O. The number of carbonyl (C=O) groups excluding carboxylic acids is 1. The molecule has 0 radical (unpaired) electrons. The van der Waals surface area contributed by atoms with Gasteiger partial charge < -0.3 is 0 Å². The molecule has 0 aromatic carbocycles. The van der Waals surface area contributed by atoms with Crippen LogP contribution in [0.4, 0.5) is 0 Å². The van der Waals surface area contributed by atoms with E-state index in [0.29, 0.717) is 6.42 Å². The van der Waals surface area contributed by atoms with E-state index in [1.165, 1.54) is 19.3 Å². The first-order chi connectivity index (χ1) is 7.86. The smallest absolute Gasteiger partial charge is 0.248 e. The second kappa shape index (κ2) is 5.65. The van der Waals surface area contributed by atoms with Crippen LogP contribution in [0.1, 0.15) is 66.7 Å². The molecule has 1 atom stereocenters. The van der Waals surface area contributed by atoms with Crippen LogP contribution in [0.2, 0.25) is 0 Å². The molecule has 1 unspecified atom stereocenters. The molecule has 17 heavy (non-hydrogen) atoms. The largest absolute Gasteiger partial charge is 0.273 e. The molecule has 0 bridgehead atoms. The van der Waals surface area contributed by atoms with Gasteiger partial charge in [0.2, 0.25) is 5.91 Å². The summed E-state index contributed by atoms with van der Waals surface area (Å²) in [5.41, 5.74) is 1.03. The molecule has 1 rings (SSSR count). The van der Waals surface area contributed by atoms with Crippen LogP contribution in [0.5, 0.6) is 0 Å². The fourth-order valence-corrected chi connectivity index (χ4v) is 2.02. The van der Waals surface area contributed by atoms with Crippen molar-refractivity contribution < 1.29 is 4.79 Å². The molecule has 0 fully saturated rings. The minimum absolute atomic E-state index is 0.00749. The number of carbonyl (C=O) groups is 1. The zero-order valence-corrected chi connectivity index (χ0v) is 11.9. The van der Waals surface area contributed by atoms with E-state index >= 15 is 0 Å². The Morgan fingerprint density at radius 1 is 1.35 bits per heavy atom. The Kier molecular flexibility index (Phi) is 4.72. The maximum Gasteiger partial charge on any atom is 0.248 e. The molecule has 3 nitrogen and oxygen atoms in total. The predicted molar refractivity (Wildman–Crippen MR) is 72.0 cm³/mol. The van der Waals surface area contributed by atoms with Gasteiger partial charge in [0.25, 0.3) is 0 Å². The van der Waals surface area contributed by atoms with E-state index in [2.05, 4.69) is 39.7 Å². The van der Waals surface area contributed by atoms with Gasteiger partial charge in [0.1, 0.15) is 0 Å². The normalized spacial score (nSPS) is 18.5. The minimum atomic E-state index is 0.00749. The number of rotatable bonds is 5. The van der Waals surface area contributed by atoms with E-state index in [0.717, 1.165) is 12.1 Å². The number of amides is 1. The summed E-state index contributed by atoms with van der Waals surface area (Å²) in [6.45, 7) is 10.6. The highest BCUT2D eigenvalue weighted by atomic mass is 16.2. The average molecular weight is 238 g/mol. The van der Waals surface area contributed by atoms with Gasteiger partial charge in [-0.25, -0.2) is 5.01 Å². The summed E-state index contributed by atoms with van der Waals surface area (Å²) in [5, 5.41) is 6.22. The molecule has 0 N–H and O–H groups in total. The summed E-state index contributed by atoms with van der Waals surface area (Å²) in [7, 11) is 0. The number of nitrogens with zero attached hydrogens (tertiary/aromatic N) is 2. The summed E-state index contributed by atoms with van der Waals surface area (Å²) in [6, 6.07) is 0.244. The van der Waals surface area contributed by atoms with Gasteiger partial charge in [-0.15, -0.1) is 0 Å². The summed E-state index contributed by atoms with van der Waals surface area (Å²) in [4.78, 5) is 11.9. The number of hydrazone groups is 1. The molecule has 0 saturated heterocycles. The van der Waals surface area contributed by atoms with Crippen LogP contribution in [-0.4, -0.2) is 22.7 Å². The van der Waals surface area contributed by atoms with E-state index < -0.39 is 0 Å². The molecular weight excluding hydrogens is 212 g/mol. The fraction of sp³-hybridized carbons (Fsp3) is 0.857. The lowest BCUT2D eigenvalue weighted by Crippen LogP contribution is -2.30. The van der Waals surface area contributed by atoms with E-state index in [1.807, 2.05) is 0 Å². The molecule has 1 aliphatic heterocycles. The van der Waals surface area contributed by atoms with Gasteiger partial charge in [0.05, 0.1) is 18.2 Å². The molecule has 0 aromatic rings. The standard InChI is InChI=1S/C14H26N2O/c1-6-7-8-9-11(2)16-13(17)10-12(15-16)14(3,4)5/h11H,6-10H2,1-5H3. The Balaban J connectivity index is 2.59. The van der Waals surface area contributed by atoms with Crippen LogP contribution in [0.15, 0.2) is 5.10 Å². The minimum Gasteiger partial charge on any atom is -0.273 e. The molecule has 0 aliphatic carbocycles. The van der Waals surface area contributed by atoms with E-state index in [4.69, 9.17) is 0 Å². The van der Waals surface area contributed by atoms with Gasteiger partial charge in [-0.2, -0.15) is 5.10 Å². The van der Waals surface area contributed by atoms with Crippen molar-refractivity contribution in [3.8, 4) is 0 Å². The highest BCUT2D eigenvalue weighted by Gasteiger charge is 2.33. The third-order valence-corrected chi connectivity index (χ3v) is 3.31. The molecule has 0 spiro atoms. The molecule has 0 aromatic heterocycles. The highest BCUT2D eigenvalue weighted by molar-refractivity contribution is 6.07. The van der Waals surface area contributed by atoms with Gasteiger partial charge in [-0.3, -0.25) is 4.79 Å². The third-order valence-electron chi connectivity index (χ3n) is 3.31. The van der Waals surface area contributed by atoms with Crippen molar-refractivity contribution in [2.75, 3.05) is 0 Å². The zero-order valence-electron chi connectivity index (χ0n) is 11.9. The summed E-state index contributed by atoms with van der Waals surface area (Å²) in [5.74, 6) is 0.166. The maximum atomic E-state index is 11.9. The van der Waals surface area contributed by atoms with Crippen molar-refractivity contribution in [2.24, 2.45) is 10.5 Å². The highest BCUT2D eigenvalue weighted by Crippen LogP contribution is 2.26. The quantitative estimate of drug-likeness (QED) is 0.674. The Labute approximate surface area is 105 Å². The lowest BCUT2D eigenvalue weighted by atomic mass is 9.88. The summed E-state index contributed by atoms with van der Waals surface area (Å²) in [6.07, 6.45) is 5.20. The monoisotopic (exact) mass is 238 g/mol. The average Bonchev–Trinajstić information content (AvgIpc) is 2.60. The topological polar surface area (TPSA) is 32.7 Å². The Hall–Kier alpha value is -0.860. The van der Waals surface area contributed by atoms with Crippen molar-refractivity contribution >= 4 is 11.6 Å². The molecule has 1 amide bonds. The van der Waals surface area contributed by atoms with Gasteiger partial charge in [-0.05, 0) is 13.3 Å². The molecule has 98 valence electrons. The van der Waals surface area contributed by atoms with Crippen molar-refractivity contribution in [2.45, 2.75) is 72.8 Å². The van der Waals surface area contributed by atoms with E-state index in [-0.39, 0.29) is 17.4 Å². The fourth-order valence-electron chi connectivity index (χ4n) is 2.02. The number of hydrogen-bond acceptors (Lipinski definition) is 2. The predicted octanol–water partition coefficient (Wildman–Crippen LogP) is 3.59. The number of hydrogen-bond donors (Lipinski definition) is 0. The third kappa shape index (κ3) is 3.83. The summed E-state index contributed by atoms with van der Waals surface area (Å²) < 4.78 is 0. The van der Waals surface area contributed by atoms with E-state index in [9.17, 15) is 4.79 Å². The van der Waals surface area contributed by atoms with Crippen LogP contribution in [0.3, 0.4) is 0 Å². The van der Waals surface area contributed by atoms with Gasteiger partial charge in [0.15, 0.2) is 0 Å². The maximum absolute atomic E-state index is 11.9. The van der Waals surface area contributed by atoms with Crippen LogP contribution in [0, 0.1) is 5.41 Å². The van der Waals surface area contributed by atoms with Gasteiger partial charge in [-0.1, -0.05) is 47.0 Å². The Bertz CT molecular complexity index is 302. The molecular formula is C14H26N2O.